The molecule has 0 atom stereocenters. The first-order valence-corrected chi connectivity index (χ1v) is 8.80. The third-order valence-corrected chi connectivity index (χ3v) is 4.58. The van der Waals surface area contributed by atoms with E-state index in [1.165, 1.54) is 24.0 Å². The maximum Gasteiger partial charge on any atom is 0.251 e. The summed E-state index contributed by atoms with van der Waals surface area (Å²) in [5.74, 6) is 0.892. The summed E-state index contributed by atoms with van der Waals surface area (Å²) in [6.45, 7) is 0.977. The van der Waals surface area contributed by atoms with Gasteiger partial charge in [-0.25, -0.2) is 0 Å². The van der Waals surface area contributed by atoms with E-state index < -0.39 is 0 Å². The van der Waals surface area contributed by atoms with Crippen molar-refractivity contribution in [1.82, 2.24) is 5.32 Å². The van der Waals surface area contributed by atoms with Gasteiger partial charge in [-0.1, -0.05) is 34.1 Å². The second-order valence-electron chi connectivity index (χ2n) is 5.72. The molecule has 23 heavy (non-hydrogen) atoms. The fourth-order valence-corrected chi connectivity index (χ4v) is 3.34. The van der Waals surface area contributed by atoms with Gasteiger partial charge in [0.25, 0.3) is 5.91 Å². The van der Waals surface area contributed by atoms with Gasteiger partial charge in [-0.2, -0.15) is 0 Å². The van der Waals surface area contributed by atoms with Gasteiger partial charge in [0.2, 0.25) is 0 Å². The smallest absolute Gasteiger partial charge is 0.251 e. The normalized spacial score (nSPS) is 13.3. The molecule has 1 aliphatic rings. The van der Waals surface area contributed by atoms with E-state index >= 15 is 0 Å². The summed E-state index contributed by atoms with van der Waals surface area (Å²) in [7, 11) is 0. The van der Waals surface area contributed by atoms with Crippen molar-refractivity contribution >= 4 is 21.8 Å². The van der Waals surface area contributed by atoms with Gasteiger partial charge in [0.05, 0.1) is 6.54 Å². The lowest BCUT2D eigenvalue weighted by Gasteiger charge is -2.19. The summed E-state index contributed by atoms with van der Waals surface area (Å²) in [6, 6.07) is 13.6. The van der Waals surface area contributed by atoms with E-state index in [0.717, 1.165) is 23.1 Å². The molecule has 120 valence electrons. The fourth-order valence-electron chi connectivity index (χ4n) is 2.94. The molecule has 1 N–H and O–H groups in total. The van der Waals surface area contributed by atoms with Crippen LogP contribution >= 0.6 is 15.9 Å². The summed E-state index contributed by atoms with van der Waals surface area (Å²) in [5, 5.41) is 2.89. The van der Waals surface area contributed by atoms with Gasteiger partial charge in [-0.3, -0.25) is 4.79 Å². The van der Waals surface area contributed by atoms with Crippen LogP contribution in [0.3, 0.4) is 0 Å². The number of aryl methyl sites for hydroxylation is 1. The van der Waals surface area contributed by atoms with Gasteiger partial charge in [0.1, 0.15) is 12.4 Å². The van der Waals surface area contributed by atoms with Gasteiger partial charge < -0.3 is 10.1 Å². The molecule has 0 bridgehead atoms. The Hall–Kier alpha value is -1.81. The predicted molar refractivity (Wildman–Crippen MR) is 95.1 cm³/mol. The molecule has 0 aliphatic heterocycles. The van der Waals surface area contributed by atoms with Crippen molar-refractivity contribution in [3.8, 4) is 5.75 Å². The molecule has 0 fully saturated rings. The third-order valence-electron chi connectivity index (χ3n) is 4.08. The number of ether oxygens (including phenoxy) is 1. The molecule has 4 heteroatoms. The maximum atomic E-state index is 12.1. The Kier molecular flexibility index (Phi) is 5.34. The number of carbonyl (C=O) groups excluding carboxylic acids is 1. The van der Waals surface area contributed by atoms with Crippen molar-refractivity contribution < 1.29 is 9.53 Å². The first-order chi connectivity index (χ1) is 11.2. The van der Waals surface area contributed by atoms with E-state index in [2.05, 4.69) is 33.4 Å². The van der Waals surface area contributed by atoms with Gasteiger partial charge >= 0.3 is 0 Å². The zero-order valence-electron chi connectivity index (χ0n) is 13.0. The average molecular weight is 374 g/mol. The number of nitrogens with one attached hydrogen (secondary N) is 1. The lowest BCUT2D eigenvalue weighted by molar-refractivity contribution is 0.0947. The zero-order valence-corrected chi connectivity index (χ0v) is 14.6. The second kappa shape index (κ2) is 7.64. The summed E-state index contributed by atoms with van der Waals surface area (Å²) in [6.07, 6.45) is 4.73. The topological polar surface area (TPSA) is 38.3 Å². The monoisotopic (exact) mass is 373 g/mol. The van der Waals surface area contributed by atoms with Crippen LogP contribution in [0.4, 0.5) is 0 Å². The number of benzene rings is 2. The molecule has 0 spiro atoms. The molecule has 0 saturated heterocycles. The quantitative estimate of drug-likeness (QED) is 0.799. The number of carbonyl (C=O) groups is 1. The van der Waals surface area contributed by atoms with Crippen LogP contribution in [0, 0.1) is 0 Å². The Balaban J connectivity index is 1.51. The van der Waals surface area contributed by atoms with E-state index in [1.807, 2.05) is 24.3 Å². The highest BCUT2D eigenvalue weighted by atomic mass is 79.9. The van der Waals surface area contributed by atoms with Crippen LogP contribution in [0.5, 0.6) is 5.75 Å². The van der Waals surface area contributed by atoms with Crippen LogP contribution in [-0.2, 0) is 12.8 Å². The minimum atomic E-state index is -0.0787. The number of hydrogen-bond acceptors (Lipinski definition) is 2. The number of rotatable bonds is 5. The molecule has 3 rings (SSSR count). The summed E-state index contributed by atoms with van der Waals surface area (Å²) in [4.78, 5) is 12.1. The summed E-state index contributed by atoms with van der Waals surface area (Å²) >= 11 is 3.37. The zero-order chi connectivity index (χ0) is 16.1. The average Bonchev–Trinajstić information content (AvgIpc) is 2.58. The van der Waals surface area contributed by atoms with Crippen molar-refractivity contribution in [1.29, 1.82) is 0 Å². The van der Waals surface area contributed by atoms with Crippen molar-refractivity contribution in [3.05, 3.63) is 63.6 Å². The highest BCUT2D eigenvalue weighted by Crippen LogP contribution is 2.29. The molecular weight excluding hydrogens is 354 g/mol. The van der Waals surface area contributed by atoms with Crippen LogP contribution in [-0.4, -0.2) is 19.1 Å². The fraction of sp³-hybridized carbons (Fsp3) is 0.316. The molecule has 0 heterocycles. The molecule has 0 unspecified atom stereocenters. The largest absolute Gasteiger partial charge is 0.491 e. The lowest BCUT2D eigenvalue weighted by Crippen LogP contribution is -2.28. The standard InChI is InChI=1S/C19H20BrNO2/c20-16-8-3-7-15(13-16)19(22)21-11-12-23-18-10-4-6-14-5-1-2-9-17(14)18/h3-4,6-8,10,13H,1-2,5,9,11-12H2,(H,21,22). The SMILES string of the molecule is O=C(NCCOc1cccc2c1CCCC2)c1cccc(Br)c1. The van der Waals surface area contributed by atoms with E-state index in [9.17, 15) is 4.79 Å². The molecular formula is C19H20BrNO2. The van der Waals surface area contributed by atoms with Crippen molar-refractivity contribution in [2.75, 3.05) is 13.2 Å². The number of amides is 1. The van der Waals surface area contributed by atoms with Crippen LogP contribution < -0.4 is 10.1 Å². The first-order valence-electron chi connectivity index (χ1n) is 8.01. The minimum Gasteiger partial charge on any atom is -0.491 e. The number of hydrogen-bond donors (Lipinski definition) is 1. The Morgan fingerprint density at radius 1 is 1.13 bits per heavy atom. The van der Waals surface area contributed by atoms with Crippen LogP contribution in [0.15, 0.2) is 46.9 Å². The first kappa shape index (κ1) is 16.1. The molecule has 3 nitrogen and oxygen atoms in total. The van der Waals surface area contributed by atoms with Crippen molar-refractivity contribution in [2.24, 2.45) is 0 Å². The summed E-state index contributed by atoms with van der Waals surface area (Å²) in [5.41, 5.74) is 3.40. The van der Waals surface area contributed by atoms with Gasteiger partial charge in [0.15, 0.2) is 0 Å². The van der Waals surface area contributed by atoms with E-state index in [0.29, 0.717) is 18.7 Å². The summed E-state index contributed by atoms with van der Waals surface area (Å²) < 4.78 is 6.79. The number of fused-ring (bicyclic) bond motifs is 1. The van der Waals surface area contributed by atoms with E-state index in [-0.39, 0.29) is 5.91 Å². The molecule has 1 aliphatic carbocycles. The van der Waals surface area contributed by atoms with Crippen LogP contribution in [0.1, 0.15) is 34.3 Å². The Labute approximate surface area is 145 Å². The maximum absolute atomic E-state index is 12.1. The van der Waals surface area contributed by atoms with Gasteiger partial charge in [-0.05, 0) is 61.1 Å². The highest BCUT2D eigenvalue weighted by Gasteiger charge is 2.13. The van der Waals surface area contributed by atoms with Crippen LogP contribution in [0.25, 0.3) is 0 Å². The lowest BCUT2D eigenvalue weighted by atomic mass is 9.91. The Bertz CT molecular complexity index is 700. The Morgan fingerprint density at radius 2 is 1.96 bits per heavy atom. The predicted octanol–water partition coefficient (Wildman–Crippen LogP) is 4.14. The molecule has 0 saturated carbocycles. The second-order valence-corrected chi connectivity index (χ2v) is 6.63. The molecule has 1 amide bonds. The van der Waals surface area contributed by atoms with E-state index in [4.69, 9.17) is 4.74 Å². The number of halogens is 1. The minimum absolute atomic E-state index is 0.0787. The Morgan fingerprint density at radius 3 is 2.83 bits per heavy atom. The molecule has 0 aromatic heterocycles. The van der Waals surface area contributed by atoms with Crippen molar-refractivity contribution in [3.63, 3.8) is 0 Å². The molecule has 2 aromatic rings. The molecule has 0 radical (unpaired) electrons. The van der Waals surface area contributed by atoms with Gasteiger partial charge in [0, 0.05) is 10.0 Å². The molecule has 2 aromatic carbocycles. The van der Waals surface area contributed by atoms with Crippen LogP contribution in [0.2, 0.25) is 0 Å². The van der Waals surface area contributed by atoms with E-state index in [1.54, 1.807) is 6.07 Å². The van der Waals surface area contributed by atoms with Crippen molar-refractivity contribution in [2.45, 2.75) is 25.7 Å². The highest BCUT2D eigenvalue weighted by molar-refractivity contribution is 9.10. The van der Waals surface area contributed by atoms with Gasteiger partial charge in [-0.15, -0.1) is 0 Å². The third kappa shape index (κ3) is 4.14.